The van der Waals surface area contributed by atoms with Crippen molar-refractivity contribution in [2.45, 2.75) is 6.54 Å². The molecule has 8 heteroatoms. The zero-order chi connectivity index (χ0) is 19.5. The van der Waals surface area contributed by atoms with Crippen LogP contribution in [0.25, 0.3) is 0 Å². The normalized spacial score (nSPS) is 16.1. The molecule has 8 nitrogen and oxygen atoms in total. The number of aromatic nitrogens is 3. The molecule has 2 aliphatic rings. The van der Waals surface area contributed by atoms with Gasteiger partial charge in [-0.05, 0) is 17.7 Å². The van der Waals surface area contributed by atoms with E-state index in [9.17, 15) is 0 Å². The molecule has 0 amide bonds. The lowest BCUT2D eigenvalue weighted by molar-refractivity contribution is 0.174. The largest absolute Gasteiger partial charge is 0.454 e. The summed E-state index contributed by atoms with van der Waals surface area (Å²) in [5.74, 6) is 2.76. The summed E-state index contributed by atoms with van der Waals surface area (Å²) < 4.78 is 10.8. The Morgan fingerprint density at radius 3 is 2.62 bits per heavy atom. The number of anilines is 3. The van der Waals surface area contributed by atoms with E-state index in [1.54, 1.807) is 6.20 Å². The van der Waals surface area contributed by atoms with Crippen molar-refractivity contribution in [2.75, 3.05) is 43.2 Å². The molecule has 148 valence electrons. The van der Waals surface area contributed by atoms with Crippen LogP contribution in [-0.2, 0) is 6.54 Å². The van der Waals surface area contributed by atoms with Crippen molar-refractivity contribution in [3.63, 3.8) is 0 Å². The third kappa shape index (κ3) is 4.07. The van der Waals surface area contributed by atoms with Crippen LogP contribution in [0.1, 0.15) is 5.56 Å². The predicted molar refractivity (Wildman–Crippen MR) is 110 cm³/mol. The van der Waals surface area contributed by atoms with Gasteiger partial charge >= 0.3 is 0 Å². The lowest BCUT2D eigenvalue weighted by Crippen LogP contribution is -2.46. The third-order valence-electron chi connectivity index (χ3n) is 5.12. The molecule has 1 N–H and O–H groups in total. The number of rotatable bonds is 5. The van der Waals surface area contributed by atoms with Crippen molar-refractivity contribution in [3.8, 4) is 11.5 Å². The monoisotopic (exact) mass is 390 g/mol. The molecule has 1 saturated heterocycles. The number of hydrogen-bond donors (Lipinski definition) is 1. The SMILES string of the molecule is c1ccc(CN2CCN(c3cnnc(Nc4ccc5c(c4)OCO5)n3)CC2)cc1. The molecule has 0 saturated carbocycles. The van der Waals surface area contributed by atoms with Gasteiger partial charge < -0.3 is 19.7 Å². The number of piperazine rings is 1. The minimum Gasteiger partial charge on any atom is -0.454 e. The van der Waals surface area contributed by atoms with Crippen molar-refractivity contribution >= 4 is 17.5 Å². The topological polar surface area (TPSA) is 75.6 Å². The highest BCUT2D eigenvalue weighted by molar-refractivity contribution is 5.60. The molecule has 0 spiro atoms. The van der Waals surface area contributed by atoms with Gasteiger partial charge in [0.2, 0.25) is 12.7 Å². The maximum Gasteiger partial charge on any atom is 0.249 e. The Morgan fingerprint density at radius 2 is 1.76 bits per heavy atom. The molecule has 29 heavy (non-hydrogen) atoms. The molecule has 0 radical (unpaired) electrons. The van der Waals surface area contributed by atoms with Gasteiger partial charge in [0.05, 0.1) is 6.20 Å². The van der Waals surface area contributed by atoms with Crippen LogP contribution in [0.2, 0.25) is 0 Å². The molecule has 2 aliphatic heterocycles. The first kappa shape index (κ1) is 17.7. The van der Waals surface area contributed by atoms with E-state index in [1.165, 1.54) is 5.56 Å². The Hall–Kier alpha value is -3.39. The smallest absolute Gasteiger partial charge is 0.249 e. The van der Waals surface area contributed by atoms with Gasteiger partial charge in [-0.1, -0.05) is 30.3 Å². The van der Waals surface area contributed by atoms with Gasteiger partial charge in [0, 0.05) is 44.5 Å². The molecule has 3 heterocycles. The first-order chi connectivity index (χ1) is 14.3. The fourth-order valence-corrected chi connectivity index (χ4v) is 3.58. The summed E-state index contributed by atoms with van der Waals surface area (Å²) in [6.45, 7) is 5.04. The van der Waals surface area contributed by atoms with Crippen LogP contribution >= 0.6 is 0 Å². The standard InChI is InChI=1S/C21H22N6O2/c1-2-4-16(5-3-1)14-26-8-10-27(11-9-26)20-13-22-25-21(24-20)23-17-6-7-18-19(12-17)29-15-28-18/h1-7,12-13H,8-11,14-15H2,(H,23,24,25). The minimum absolute atomic E-state index is 0.253. The van der Waals surface area contributed by atoms with Crippen molar-refractivity contribution in [3.05, 3.63) is 60.3 Å². The van der Waals surface area contributed by atoms with Crippen LogP contribution in [-0.4, -0.2) is 53.1 Å². The maximum atomic E-state index is 5.42. The van der Waals surface area contributed by atoms with E-state index in [0.717, 1.165) is 50.0 Å². The molecule has 0 bridgehead atoms. The maximum absolute atomic E-state index is 5.42. The van der Waals surface area contributed by atoms with E-state index < -0.39 is 0 Å². The average molecular weight is 390 g/mol. The van der Waals surface area contributed by atoms with Crippen molar-refractivity contribution < 1.29 is 9.47 Å². The molecule has 0 aliphatic carbocycles. The highest BCUT2D eigenvalue weighted by Crippen LogP contribution is 2.34. The van der Waals surface area contributed by atoms with Gasteiger partial charge in [0.15, 0.2) is 17.3 Å². The van der Waals surface area contributed by atoms with Crippen LogP contribution in [0.4, 0.5) is 17.5 Å². The fourth-order valence-electron chi connectivity index (χ4n) is 3.58. The second kappa shape index (κ2) is 7.92. The van der Waals surface area contributed by atoms with Gasteiger partial charge in [0.25, 0.3) is 0 Å². The first-order valence-electron chi connectivity index (χ1n) is 9.71. The van der Waals surface area contributed by atoms with Gasteiger partial charge in [0.1, 0.15) is 0 Å². The van der Waals surface area contributed by atoms with E-state index in [-0.39, 0.29) is 6.79 Å². The fraction of sp³-hybridized carbons (Fsp3) is 0.286. The van der Waals surface area contributed by atoms with Crippen molar-refractivity contribution in [1.82, 2.24) is 20.1 Å². The molecular formula is C21H22N6O2. The first-order valence-corrected chi connectivity index (χ1v) is 9.71. The summed E-state index contributed by atoms with van der Waals surface area (Å²) in [6, 6.07) is 16.2. The van der Waals surface area contributed by atoms with Gasteiger partial charge in [-0.15, -0.1) is 5.10 Å². The quantitative estimate of drug-likeness (QED) is 0.713. The molecule has 3 aromatic rings. The van der Waals surface area contributed by atoms with E-state index >= 15 is 0 Å². The van der Waals surface area contributed by atoms with Crippen LogP contribution in [0.3, 0.4) is 0 Å². The number of nitrogens with zero attached hydrogens (tertiary/aromatic N) is 5. The zero-order valence-electron chi connectivity index (χ0n) is 16.0. The summed E-state index contributed by atoms with van der Waals surface area (Å²) in [5, 5.41) is 11.4. The second-order valence-electron chi connectivity index (χ2n) is 7.08. The number of hydrogen-bond acceptors (Lipinski definition) is 8. The Bertz CT molecular complexity index is 976. The third-order valence-corrected chi connectivity index (χ3v) is 5.12. The minimum atomic E-state index is 0.253. The van der Waals surface area contributed by atoms with Crippen LogP contribution in [0.15, 0.2) is 54.7 Å². The zero-order valence-corrected chi connectivity index (χ0v) is 16.0. The molecule has 1 aromatic heterocycles. The molecule has 5 rings (SSSR count). The van der Waals surface area contributed by atoms with Crippen LogP contribution in [0.5, 0.6) is 11.5 Å². The molecule has 1 fully saturated rings. The summed E-state index contributed by atoms with van der Waals surface area (Å²) >= 11 is 0. The highest BCUT2D eigenvalue weighted by atomic mass is 16.7. The van der Waals surface area contributed by atoms with Crippen LogP contribution < -0.4 is 19.7 Å². The average Bonchev–Trinajstić information content (AvgIpc) is 3.23. The predicted octanol–water partition coefficient (Wildman–Crippen LogP) is 2.67. The van der Waals surface area contributed by atoms with Crippen molar-refractivity contribution in [2.24, 2.45) is 0 Å². The number of fused-ring (bicyclic) bond motifs is 1. The Kier molecular flexibility index (Phi) is 4.83. The molecule has 0 unspecified atom stereocenters. The molecular weight excluding hydrogens is 368 g/mol. The molecule has 2 aromatic carbocycles. The van der Waals surface area contributed by atoms with Gasteiger partial charge in [-0.3, -0.25) is 4.90 Å². The Morgan fingerprint density at radius 1 is 0.931 bits per heavy atom. The lowest BCUT2D eigenvalue weighted by Gasteiger charge is -2.35. The van der Waals surface area contributed by atoms with E-state index in [1.807, 2.05) is 18.2 Å². The van der Waals surface area contributed by atoms with E-state index in [2.05, 4.69) is 60.6 Å². The summed E-state index contributed by atoms with van der Waals surface area (Å²) in [6.07, 6.45) is 1.72. The molecule has 0 atom stereocenters. The summed E-state index contributed by atoms with van der Waals surface area (Å²) in [7, 11) is 0. The lowest BCUT2D eigenvalue weighted by atomic mass is 10.2. The highest BCUT2D eigenvalue weighted by Gasteiger charge is 2.19. The van der Waals surface area contributed by atoms with E-state index in [4.69, 9.17) is 9.47 Å². The Labute approximate surface area is 169 Å². The van der Waals surface area contributed by atoms with Crippen molar-refractivity contribution in [1.29, 1.82) is 0 Å². The number of nitrogens with one attached hydrogen (secondary N) is 1. The number of benzene rings is 2. The van der Waals surface area contributed by atoms with Gasteiger partial charge in [-0.25, -0.2) is 0 Å². The summed E-state index contributed by atoms with van der Waals surface area (Å²) in [5.41, 5.74) is 2.18. The Balaban J connectivity index is 1.21. The van der Waals surface area contributed by atoms with Crippen LogP contribution in [0, 0.1) is 0 Å². The number of ether oxygens (including phenoxy) is 2. The second-order valence-corrected chi connectivity index (χ2v) is 7.08. The van der Waals surface area contributed by atoms with Gasteiger partial charge in [-0.2, -0.15) is 10.1 Å². The van der Waals surface area contributed by atoms with E-state index in [0.29, 0.717) is 11.7 Å². The summed E-state index contributed by atoms with van der Waals surface area (Å²) in [4.78, 5) is 9.36.